The lowest BCUT2D eigenvalue weighted by Crippen LogP contribution is -2.10. The van der Waals surface area contributed by atoms with Crippen molar-refractivity contribution < 1.29 is 14.3 Å². The number of aromatic carboxylic acids is 1. The predicted molar refractivity (Wildman–Crippen MR) is 79.7 cm³/mol. The van der Waals surface area contributed by atoms with Gasteiger partial charge in [-0.3, -0.25) is 0 Å². The summed E-state index contributed by atoms with van der Waals surface area (Å²) in [6.45, 7) is 0.528. The standard InChI is InChI=1S/C15H13BrFNO2/c16-12-5-2-6-13(14(12)15(19)20)18-8-7-10-3-1-4-11(17)9-10/h1-6,9,18H,7-8H2,(H,19,20). The zero-order valence-electron chi connectivity index (χ0n) is 10.6. The first kappa shape index (κ1) is 14.5. The zero-order chi connectivity index (χ0) is 14.5. The van der Waals surface area contributed by atoms with Crippen LogP contribution in [0.1, 0.15) is 15.9 Å². The van der Waals surface area contributed by atoms with Crippen LogP contribution in [0.15, 0.2) is 46.9 Å². The Hall–Kier alpha value is -1.88. The average Bonchev–Trinajstić information content (AvgIpc) is 2.38. The van der Waals surface area contributed by atoms with Crippen LogP contribution < -0.4 is 5.32 Å². The van der Waals surface area contributed by atoms with Gasteiger partial charge in [0.1, 0.15) is 5.82 Å². The van der Waals surface area contributed by atoms with Gasteiger partial charge >= 0.3 is 5.97 Å². The first-order valence-corrected chi connectivity index (χ1v) is 6.87. The largest absolute Gasteiger partial charge is 0.478 e. The van der Waals surface area contributed by atoms with Gasteiger partial charge in [-0.2, -0.15) is 0 Å². The zero-order valence-corrected chi connectivity index (χ0v) is 12.2. The molecule has 0 spiro atoms. The van der Waals surface area contributed by atoms with Crippen molar-refractivity contribution in [1.82, 2.24) is 0 Å². The molecule has 0 aliphatic heterocycles. The molecule has 3 nitrogen and oxygen atoms in total. The van der Waals surface area contributed by atoms with Crippen LogP contribution >= 0.6 is 15.9 Å². The number of benzene rings is 2. The number of anilines is 1. The van der Waals surface area contributed by atoms with E-state index in [9.17, 15) is 14.3 Å². The number of carboxylic acids is 1. The fraction of sp³-hybridized carbons (Fsp3) is 0.133. The highest BCUT2D eigenvalue weighted by Crippen LogP contribution is 2.24. The summed E-state index contributed by atoms with van der Waals surface area (Å²) in [4.78, 5) is 11.2. The predicted octanol–water partition coefficient (Wildman–Crippen LogP) is 3.94. The number of nitrogens with one attached hydrogen (secondary N) is 1. The summed E-state index contributed by atoms with van der Waals surface area (Å²) in [5, 5.41) is 12.2. The van der Waals surface area contributed by atoms with Crippen molar-refractivity contribution >= 4 is 27.6 Å². The summed E-state index contributed by atoms with van der Waals surface area (Å²) >= 11 is 3.22. The molecule has 0 atom stereocenters. The molecule has 2 N–H and O–H groups in total. The van der Waals surface area contributed by atoms with E-state index in [0.717, 1.165) is 5.56 Å². The van der Waals surface area contributed by atoms with Gasteiger partial charge in [-0.1, -0.05) is 18.2 Å². The molecule has 0 amide bonds. The number of hydrogen-bond acceptors (Lipinski definition) is 2. The Labute approximate surface area is 124 Å². The molecule has 2 rings (SSSR count). The number of halogens is 2. The first-order valence-electron chi connectivity index (χ1n) is 6.08. The third-order valence-corrected chi connectivity index (χ3v) is 3.51. The van der Waals surface area contributed by atoms with Crippen molar-refractivity contribution in [2.45, 2.75) is 6.42 Å². The molecule has 0 aliphatic carbocycles. The van der Waals surface area contributed by atoms with Crippen LogP contribution in [0, 0.1) is 5.82 Å². The molecule has 2 aromatic carbocycles. The summed E-state index contributed by atoms with van der Waals surface area (Å²) in [6.07, 6.45) is 0.614. The second-order valence-corrected chi connectivity index (χ2v) is 5.13. The topological polar surface area (TPSA) is 49.3 Å². The van der Waals surface area contributed by atoms with Gasteiger partial charge in [0.25, 0.3) is 0 Å². The fourth-order valence-electron chi connectivity index (χ4n) is 1.92. The first-order chi connectivity index (χ1) is 9.58. The van der Waals surface area contributed by atoms with Crippen molar-refractivity contribution in [3.8, 4) is 0 Å². The maximum atomic E-state index is 13.0. The minimum Gasteiger partial charge on any atom is -0.478 e. The Balaban J connectivity index is 2.05. The SMILES string of the molecule is O=C(O)c1c(Br)cccc1NCCc1cccc(F)c1. The molecule has 20 heavy (non-hydrogen) atoms. The van der Waals surface area contributed by atoms with Crippen LogP contribution in [-0.2, 0) is 6.42 Å². The minimum absolute atomic E-state index is 0.201. The Kier molecular flexibility index (Phi) is 4.74. The van der Waals surface area contributed by atoms with E-state index >= 15 is 0 Å². The van der Waals surface area contributed by atoms with Crippen LogP contribution in [0.2, 0.25) is 0 Å². The fourth-order valence-corrected chi connectivity index (χ4v) is 2.46. The third-order valence-electron chi connectivity index (χ3n) is 2.85. The normalized spacial score (nSPS) is 10.3. The highest BCUT2D eigenvalue weighted by molar-refractivity contribution is 9.10. The molecular formula is C15H13BrFNO2. The van der Waals surface area contributed by atoms with Crippen molar-refractivity contribution in [3.05, 3.63) is 63.9 Å². The molecule has 104 valence electrons. The molecule has 0 saturated carbocycles. The number of carbonyl (C=O) groups is 1. The third kappa shape index (κ3) is 3.57. The Bertz CT molecular complexity index is 631. The van der Waals surface area contributed by atoms with E-state index in [-0.39, 0.29) is 11.4 Å². The minimum atomic E-state index is -0.995. The molecule has 2 aromatic rings. The maximum Gasteiger partial charge on any atom is 0.338 e. The average molecular weight is 338 g/mol. The van der Waals surface area contributed by atoms with E-state index in [0.29, 0.717) is 23.1 Å². The van der Waals surface area contributed by atoms with Crippen molar-refractivity contribution in [3.63, 3.8) is 0 Å². The summed E-state index contributed by atoms with van der Waals surface area (Å²) in [5.41, 5.74) is 1.61. The summed E-state index contributed by atoms with van der Waals surface area (Å²) in [6, 6.07) is 11.5. The van der Waals surface area contributed by atoms with Gasteiger partial charge in [0, 0.05) is 16.7 Å². The van der Waals surface area contributed by atoms with Crippen LogP contribution in [0.3, 0.4) is 0 Å². The number of hydrogen-bond donors (Lipinski definition) is 2. The molecular weight excluding hydrogens is 325 g/mol. The summed E-state index contributed by atoms with van der Waals surface area (Å²) < 4.78 is 13.6. The Morgan fingerprint density at radius 3 is 2.70 bits per heavy atom. The highest BCUT2D eigenvalue weighted by Gasteiger charge is 2.13. The van der Waals surface area contributed by atoms with Gasteiger partial charge in [0.05, 0.1) is 5.56 Å². The van der Waals surface area contributed by atoms with E-state index in [4.69, 9.17) is 0 Å². The number of rotatable bonds is 5. The van der Waals surface area contributed by atoms with E-state index in [2.05, 4.69) is 21.2 Å². The lowest BCUT2D eigenvalue weighted by atomic mass is 10.1. The van der Waals surface area contributed by atoms with Gasteiger partial charge in [-0.25, -0.2) is 9.18 Å². The van der Waals surface area contributed by atoms with Crippen LogP contribution in [0.5, 0.6) is 0 Å². The molecule has 0 aromatic heterocycles. The van der Waals surface area contributed by atoms with E-state index in [1.807, 2.05) is 6.07 Å². The van der Waals surface area contributed by atoms with E-state index in [1.165, 1.54) is 12.1 Å². The monoisotopic (exact) mass is 337 g/mol. The number of carboxylic acid groups (broad SMARTS) is 1. The van der Waals surface area contributed by atoms with Crippen molar-refractivity contribution in [1.29, 1.82) is 0 Å². The van der Waals surface area contributed by atoms with Gasteiger partial charge in [0.2, 0.25) is 0 Å². The van der Waals surface area contributed by atoms with E-state index < -0.39 is 5.97 Å². The van der Waals surface area contributed by atoms with Crippen LogP contribution in [0.25, 0.3) is 0 Å². The lowest BCUT2D eigenvalue weighted by molar-refractivity contribution is 0.0697. The van der Waals surface area contributed by atoms with E-state index in [1.54, 1.807) is 24.3 Å². The Morgan fingerprint density at radius 2 is 2.00 bits per heavy atom. The molecule has 0 aliphatic rings. The van der Waals surface area contributed by atoms with Gasteiger partial charge in [0.15, 0.2) is 0 Å². The molecule has 0 fully saturated rings. The highest BCUT2D eigenvalue weighted by atomic mass is 79.9. The van der Waals surface area contributed by atoms with Crippen LogP contribution in [-0.4, -0.2) is 17.6 Å². The smallest absolute Gasteiger partial charge is 0.338 e. The Morgan fingerprint density at radius 1 is 1.25 bits per heavy atom. The van der Waals surface area contributed by atoms with Gasteiger partial charge in [-0.15, -0.1) is 0 Å². The quantitative estimate of drug-likeness (QED) is 0.868. The second kappa shape index (κ2) is 6.52. The van der Waals surface area contributed by atoms with Crippen LogP contribution in [0.4, 0.5) is 10.1 Å². The molecule has 0 radical (unpaired) electrons. The summed E-state index contributed by atoms with van der Waals surface area (Å²) in [7, 11) is 0. The lowest BCUT2D eigenvalue weighted by Gasteiger charge is -2.11. The second-order valence-electron chi connectivity index (χ2n) is 4.27. The maximum absolute atomic E-state index is 13.0. The molecule has 0 heterocycles. The molecule has 5 heteroatoms. The van der Waals surface area contributed by atoms with Crippen molar-refractivity contribution in [2.24, 2.45) is 0 Å². The summed E-state index contributed by atoms with van der Waals surface area (Å²) in [5.74, 6) is -1.26. The molecule has 0 unspecified atom stereocenters. The molecule has 0 bridgehead atoms. The molecule has 0 saturated heterocycles. The van der Waals surface area contributed by atoms with Gasteiger partial charge in [-0.05, 0) is 52.2 Å². The van der Waals surface area contributed by atoms with Crippen molar-refractivity contribution in [2.75, 3.05) is 11.9 Å². The van der Waals surface area contributed by atoms with Gasteiger partial charge < -0.3 is 10.4 Å².